The molecular formula is C28H32ClN3OS. The summed E-state index contributed by atoms with van der Waals surface area (Å²) in [5.41, 5.74) is 6.71. The summed E-state index contributed by atoms with van der Waals surface area (Å²) in [6.45, 7) is 6.39. The minimum atomic E-state index is 0.376. The average Bonchev–Trinajstić information content (AvgIpc) is 3.18. The van der Waals surface area contributed by atoms with Gasteiger partial charge in [0.1, 0.15) is 6.29 Å². The van der Waals surface area contributed by atoms with Gasteiger partial charge in [-0.1, -0.05) is 84.9 Å². The molecule has 0 saturated carbocycles. The Morgan fingerprint density at radius 2 is 2.00 bits per heavy atom. The molecular weight excluding hydrogens is 462 g/mol. The number of piperidine rings is 1. The Hall–Kier alpha value is -2.44. The Labute approximate surface area is 212 Å². The van der Waals surface area contributed by atoms with Crippen LogP contribution in [0.1, 0.15) is 37.7 Å². The van der Waals surface area contributed by atoms with Gasteiger partial charge in [-0.15, -0.1) is 0 Å². The fourth-order valence-electron chi connectivity index (χ4n) is 3.81. The van der Waals surface area contributed by atoms with Gasteiger partial charge in [-0.3, -0.25) is 5.43 Å². The van der Waals surface area contributed by atoms with E-state index in [1.165, 1.54) is 37.3 Å². The van der Waals surface area contributed by atoms with Crippen LogP contribution in [0.15, 0.2) is 99.4 Å². The molecule has 0 bridgehead atoms. The second-order valence-electron chi connectivity index (χ2n) is 7.90. The van der Waals surface area contributed by atoms with E-state index in [1.807, 2.05) is 55.6 Å². The highest BCUT2D eigenvalue weighted by Crippen LogP contribution is 2.40. The molecule has 0 aromatic heterocycles. The van der Waals surface area contributed by atoms with Crippen LogP contribution in [-0.2, 0) is 4.79 Å². The lowest BCUT2D eigenvalue weighted by atomic mass is 10.0. The third kappa shape index (κ3) is 7.28. The molecule has 1 N–H and O–H groups in total. The van der Waals surface area contributed by atoms with Crippen LogP contribution in [-0.4, -0.2) is 37.1 Å². The number of thioether (sulfide) groups is 1. The number of hydrogen-bond acceptors (Lipinski definition) is 5. The predicted octanol–water partition coefficient (Wildman–Crippen LogP) is 6.80. The van der Waals surface area contributed by atoms with Crippen molar-refractivity contribution in [3.63, 3.8) is 0 Å². The summed E-state index contributed by atoms with van der Waals surface area (Å²) in [7, 11) is 1.99. The summed E-state index contributed by atoms with van der Waals surface area (Å²) in [6, 6.07) is 7.73. The number of aldehydes is 1. The van der Waals surface area contributed by atoms with Crippen LogP contribution in [0.2, 0.25) is 5.02 Å². The van der Waals surface area contributed by atoms with E-state index in [1.54, 1.807) is 17.8 Å². The number of nitrogens with one attached hydrogen (secondary N) is 1. The van der Waals surface area contributed by atoms with Crippen molar-refractivity contribution >= 4 is 35.4 Å². The SMILES string of the molecule is C=CC1=C(/C=C\CC=O)SC2=C(C=CC=CC2)C(c2ccccc2Cl)=N1.CNN1CCCCC1. The number of carbonyl (C=O) groups excluding carboxylic acids is 1. The highest BCUT2D eigenvalue weighted by Gasteiger charge is 2.21. The van der Waals surface area contributed by atoms with Gasteiger partial charge in [0.05, 0.1) is 11.4 Å². The maximum Gasteiger partial charge on any atom is 0.123 e. The lowest BCUT2D eigenvalue weighted by Crippen LogP contribution is -2.38. The quantitative estimate of drug-likeness (QED) is 0.443. The second kappa shape index (κ2) is 14.1. The second-order valence-corrected chi connectivity index (χ2v) is 9.44. The molecule has 4 nitrogen and oxygen atoms in total. The van der Waals surface area contributed by atoms with Crippen LogP contribution in [0, 0.1) is 0 Å². The Kier molecular flexibility index (Phi) is 10.8. The maximum atomic E-state index is 10.6. The first-order valence-corrected chi connectivity index (χ1v) is 12.8. The molecule has 0 spiro atoms. The monoisotopic (exact) mass is 493 g/mol. The first-order valence-electron chi connectivity index (χ1n) is 11.6. The molecule has 3 aliphatic rings. The number of rotatable bonds is 6. The number of aliphatic imine (C=N–C) groups is 1. The zero-order valence-electron chi connectivity index (χ0n) is 19.7. The Balaban J connectivity index is 0.000000343. The summed E-state index contributed by atoms with van der Waals surface area (Å²) in [4.78, 5) is 17.7. The van der Waals surface area contributed by atoms with Crippen molar-refractivity contribution in [2.45, 2.75) is 32.1 Å². The Bertz CT molecular complexity index is 1060. The summed E-state index contributed by atoms with van der Waals surface area (Å²) in [6.07, 6.45) is 20.0. The summed E-state index contributed by atoms with van der Waals surface area (Å²) >= 11 is 8.13. The van der Waals surface area contributed by atoms with Gasteiger partial charge in [-0.2, -0.15) is 0 Å². The number of halogens is 1. The number of hydrazine groups is 1. The molecule has 1 saturated heterocycles. The Morgan fingerprint density at radius 1 is 1.21 bits per heavy atom. The number of allylic oxidation sites excluding steroid dienone is 9. The smallest absolute Gasteiger partial charge is 0.123 e. The van der Waals surface area contributed by atoms with Crippen molar-refractivity contribution in [1.29, 1.82) is 0 Å². The third-order valence-corrected chi connectivity index (χ3v) is 7.11. The van der Waals surface area contributed by atoms with E-state index >= 15 is 0 Å². The van der Waals surface area contributed by atoms with Gasteiger partial charge in [0.25, 0.3) is 0 Å². The summed E-state index contributed by atoms with van der Waals surface area (Å²) in [5, 5.41) is 2.93. The average molecular weight is 494 g/mol. The van der Waals surface area contributed by atoms with Crippen LogP contribution >= 0.6 is 23.4 Å². The molecule has 2 heterocycles. The van der Waals surface area contributed by atoms with Gasteiger partial charge in [-0.05, 0) is 44.5 Å². The lowest BCUT2D eigenvalue weighted by Gasteiger charge is -2.24. The van der Waals surface area contributed by atoms with Crippen LogP contribution < -0.4 is 5.43 Å². The number of nitrogens with zero attached hydrogens (tertiary/aromatic N) is 2. The molecule has 1 aromatic carbocycles. The molecule has 1 aliphatic carbocycles. The molecule has 1 fully saturated rings. The lowest BCUT2D eigenvalue weighted by molar-refractivity contribution is -0.107. The van der Waals surface area contributed by atoms with E-state index in [0.717, 1.165) is 40.2 Å². The normalized spacial score (nSPS) is 18.6. The van der Waals surface area contributed by atoms with Crippen LogP contribution in [0.5, 0.6) is 0 Å². The number of carbonyl (C=O) groups is 1. The standard InChI is InChI=1S/C22H18ClNOS.C6H14N2/c1-2-19-21(14-8-9-15-25)26-20-13-5-3-4-11-17(20)22(24-19)16-10-6-7-12-18(16)23;1-7-8-5-3-2-4-6-8/h2-8,10-12,14-15H,1,9,13H2;7H,2-6H2,1H3/b14-8-;. The van der Waals surface area contributed by atoms with E-state index in [2.05, 4.69) is 29.2 Å². The molecule has 0 radical (unpaired) electrons. The summed E-state index contributed by atoms with van der Waals surface area (Å²) < 4.78 is 0. The molecule has 0 unspecified atom stereocenters. The van der Waals surface area contributed by atoms with Gasteiger partial charge in [-0.25, -0.2) is 10.0 Å². The zero-order chi connectivity index (χ0) is 24.2. The van der Waals surface area contributed by atoms with Crippen molar-refractivity contribution in [1.82, 2.24) is 10.4 Å². The highest BCUT2D eigenvalue weighted by molar-refractivity contribution is 8.07. The maximum absolute atomic E-state index is 10.6. The van der Waals surface area contributed by atoms with Gasteiger partial charge >= 0.3 is 0 Å². The molecule has 1 aromatic rings. The van der Waals surface area contributed by atoms with E-state index < -0.39 is 0 Å². The molecule has 4 rings (SSSR count). The molecule has 178 valence electrons. The first-order chi connectivity index (χ1) is 16.7. The van der Waals surface area contributed by atoms with Crippen molar-refractivity contribution in [2.24, 2.45) is 4.99 Å². The van der Waals surface area contributed by atoms with E-state index in [9.17, 15) is 4.79 Å². The first kappa shape index (κ1) is 26.2. The topological polar surface area (TPSA) is 44.7 Å². The van der Waals surface area contributed by atoms with Crippen molar-refractivity contribution in [3.8, 4) is 0 Å². The van der Waals surface area contributed by atoms with Crippen molar-refractivity contribution in [2.75, 3.05) is 20.1 Å². The van der Waals surface area contributed by atoms with Crippen molar-refractivity contribution in [3.05, 3.63) is 105 Å². The molecule has 6 heteroatoms. The molecule has 2 aliphatic heterocycles. The number of hydrogen-bond donors (Lipinski definition) is 1. The van der Waals surface area contributed by atoms with E-state index in [4.69, 9.17) is 16.6 Å². The highest BCUT2D eigenvalue weighted by atomic mass is 35.5. The number of benzene rings is 1. The van der Waals surface area contributed by atoms with Gasteiger partial charge in [0.2, 0.25) is 0 Å². The molecule has 0 amide bonds. The molecule has 0 atom stereocenters. The zero-order valence-corrected chi connectivity index (χ0v) is 21.2. The third-order valence-electron chi connectivity index (χ3n) is 5.58. The fourth-order valence-corrected chi connectivity index (χ4v) is 5.15. The predicted molar refractivity (Wildman–Crippen MR) is 147 cm³/mol. The molecule has 34 heavy (non-hydrogen) atoms. The fraction of sp³-hybridized carbons (Fsp3) is 0.286. The Morgan fingerprint density at radius 3 is 2.68 bits per heavy atom. The van der Waals surface area contributed by atoms with Gasteiger partial charge in [0, 0.05) is 45.5 Å². The van der Waals surface area contributed by atoms with Crippen LogP contribution in [0.4, 0.5) is 0 Å². The minimum Gasteiger partial charge on any atom is -0.303 e. The van der Waals surface area contributed by atoms with Crippen molar-refractivity contribution < 1.29 is 4.79 Å². The van der Waals surface area contributed by atoms with Gasteiger partial charge < -0.3 is 4.79 Å². The van der Waals surface area contributed by atoms with E-state index in [-0.39, 0.29) is 0 Å². The van der Waals surface area contributed by atoms with E-state index in [0.29, 0.717) is 11.4 Å². The van der Waals surface area contributed by atoms with Crippen LogP contribution in [0.25, 0.3) is 0 Å². The van der Waals surface area contributed by atoms with Crippen LogP contribution in [0.3, 0.4) is 0 Å². The largest absolute Gasteiger partial charge is 0.303 e. The van der Waals surface area contributed by atoms with Gasteiger partial charge in [0.15, 0.2) is 0 Å². The summed E-state index contributed by atoms with van der Waals surface area (Å²) in [5.74, 6) is 0. The minimum absolute atomic E-state index is 0.376.